The van der Waals surface area contributed by atoms with E-state index in [0.717, 1.165) is 0 Å². The van der Waals surface area contributed by atoms with E-state index in [1.807, 2.05) is 0 Å². The minimum atomic E-state index is 1.22. The third-order valence-corrected chi connectivity index (χ3v) is 11.2. The Balaban J connectivity index is 1.29. The van der Waals surface area contributed by atoms with Gasteiger partial charge in [0.1, 0.15) is 0 Å². The number of benzene rings is 11. The molecule has 0 heteroatoms. The van der Waals surface area contributed by atoms with Gasteiger partial charge in [-0.05, 0) is 121 Å². The summed E-state index contributed by atoms with van der Waals surface area (Å²) in [5, 5.41) is 17.8. The zero-order valence-corrected chi connectivity index (χ0v) is 28.5. The summed E-state index contributed by atoms with van der Waals surface area (Å²) in [5.41, 5.74) is 7.53. The summed E-state index contributed by atoms with van der Waals surface area (Å²) in [6, 6.07) is 72.0. The van der Waals surface area contributed by atoms with E-state index in [2.05, 4.69) is 194 Å². The molecule has 0 aliphatic carbocycles. The molecule has 0 aliphatic rings. The Morgan fingerprint density at radius 1 is 0.192 bits per heavy atom. The molecule has 0 bridgehead atoms. The van der Waals surface area contributed by atoms with E-state index in [4.69, 9.17) is 0 Å². The predicted octanol–water partition coefficient (Wildman–Crippen LogP) is 14.8. The monoisotopic (exact) mass is 656 g/mol. The van der Waals surface area contributed by atoms with Crippen LogP contribution in [-0.2, 0) is 0 Å². The van der Waals surface area contributed by atoms with Gasteiger partial charge in [-0.15, -0.1) is 0 Å². The lowest BCUT2D eigenvalue weighted by atomic mass is 9.83. The van der Waals surface area contributed by atoms with E-state index in [-0.39, 0.29) is 0 Å². The molecule has 0 aromatic heterocycles. The normalized spacial score (nSPS) is 11.8. The summed E-state index contributed by atoms with van der Waals surface area (Å²) in [4.78, 5) is 0. The molecule has 11 rings (SSSR count). The lowest BCUT2D eigenvalue weighted by Crippen LogP contribution is -1.93. The Labute approximate surface area is 301 Å². The van der Waals surface area contributed by atoms with E-state index >= 15 is 0 Å². The predicted molar refractivity (Wildman–Crippen MR) is 225 cm³/mol. The molecule has 240 valence electrons. The van der Waals surface area contributed by atoms with Crippen LogP contribution in [0.15, 0.2) is 194 Å². The molecule has 0 atom stereocenters. The van der Waals surface area contributed by atoms with E-state index < -0.39 is 0 Å². The molecule has 0 heterocycles. The fraction of sp³-hybridized carbons (Fsp3) is 0. The van der Waals surface area contributed by atoms with Crippen molar-refractivity contribution in [2.45, 2.75) is 0 Å². The van der Waals surface area contributed by atoms with Gasteiger partial charge >= 0.3 is 0 Å². The second-order valence-electron chi connectivity index (χ2n) is 14.0. The maximum absolute atomic E-state index is 2.45. The summed E-state index contributed by atoms with van der Waals surface area (Å²) in [7, 11) is 0. The zero-order valence-electron chi connectivity index (χ0n) is 28.5. The smallest absolute Gasteiger partial charge is 0.00199 e. The van der Waals surface area contributed by atoms with Crippen molar-refractivity contribution >= 4 is 75.4 Å². The van der Waals surface area contributed by atoms with E-state index in [9.17, 15) is 0 Å². The van der Waals surface area contributed by atoms with Crippen molar-refractivity contribution in [1.82, 2.24) is 0 Å². The topological polar surface area (TPSA) is 0 Å². The molecule has 0 fully saturated rings. The first kappa shape index (κ1) is 29.0. The van der Waals surface area contributed by atoms with Crippen molar-refractivity contribution in [3.05, 3.63) is 194 Å². The van der Waals surface area contributed by atoms with Crippen LogP contribution in [0.2, 0.25) is 0 Å². The molecule has 0 N–H and O–H groups in total. The summed E-state index contributed by atoms with van der Waals surface area (Å²) in [5.74, 6) is 0. The molecule has 0 saturated carbocycles. The van der Waals surface area contributed by atoms with Crippen molar-refractivity contribution < 1.29 is 0 Å². The fourth-order valence-electron chi connectivity index (χ4n) is 8.93. The molecule has 0 saturated heterocycles. The third kappa shape index (κ3) is 4.28. The van der Waals surface area contributed by atoms with Crippen molar-refractivity contribution in [3.8, 4) is 33.4 Å². The quantitative estimate of drug-likeness (QED) is 0.131. The van der Waals surface area contributed by atoms with Crippen LogP contribution in [0.3, 0.4) is 0 Å². The van der Waals surface area contributed by atoms with Crippen molar-refractivity contribution in [1.29, 1.82) is 0 Å². The number of fused-ring (bicyclic) bond motifs is 10. The maximum Gasteiger partial charge on any atom is -0.00199 e. The zero-order chi connectivity index (χ0) is 34.2. The van der Waals surface area contributed by atoms with Gasteiger partial charge in [0, 0.05) is 0 Å². The molecule has 11 aromatic carbocycles. The average Bonchev–Trinajstić information content (AvgIpc) is 3.22. The molecule has 0 unspecified atom stereocenters. The molecular formula is C52H32. The van der Waals surface area contributed by atoms with Crippen molar-refractivity contribution in [2.24, 2.45) is 0 Å². The van der Waals surface area contributed by atoms with Gasteiger partial charge in [-0.25, -0.2) is 0 Å². The van der Waals surface area contributed by atoms with Crippen LogP contribution in [0.25, 0.3) is 109 Å². The standard InChI is InChI=1S/C52H32/c1-3-17-37-33(13-1)15-11-25-39(37)35-27-30-48-50(31-35)52(45-26-12-16-34-14-2-4-18-38(34)45)47-24-10-9-23-46(47)51(48)36-28-29-44-42-21-6-5-19-40(42)41-20-7-8-22-43(41)49(44)32-36/h1-32H. The summed E-state index contributed by atoms with van der Waals surface area (Å²) >= 11 is 0. The summed E-state index contributed by atoms with van der Waals surface area (Å²) < 4.78 is 0. The van der Waals surface area contributed by atoms with Gasteiger partial charge in [0.2, 0.25) is 0 Å². The molecular weight excluding hydrogens is 625 g/mol. The van der Waals surface area contributed by atoms with Crippen LogP contribution in [0.5, 0.6) is 0 Å². The minimum Gasteiger partial charge on any atom is -0.0616 e. The molecule has 0 spiro atoms. The SMILES string of the molecule is c1ccc2c(-c3ccc4c(-c5ccc6c7ccccc7c7ccccc7c6c5)c5ccccc5c(-c5cccc6ccccc56)c4c3)cccc2c1. The Bertz CT molecular complexity index is 3190. The lowest BCUT2D eigenvalue weighted by Gasteiger charge is -2.20. The molecule has 0 amide bonds. The van der Waals surface area contributed by atoms with Gasteiger partial charge in [0.05, 0.1) is 0 Å². The molecule has 0 aliphatic heterocycles. The maximum atomic E-state index is 2.45. The Morgan fingerprint density at radius 3 is 1.21 bits per heavy atom. The van der Waals surface area contributed by atoms with Gasteiger partial charge in [0.25, 0.3) is 0 Å². The van der Waals surface area contributed by atoms with Crippen molar-refractivity contribution in [2.75, 3.05) is 0 Å². The van der Waals surface area contributed by atoms with Gasteiger partial charge < -0.3 is 0 Å². The highest BCUT2D eigenvalue weighted by Crippen LogP contribution is 2.48. The first-order valence-corrected chi connectivity index (χ1v) is 18.1. The van der Waals surface area contributed by atoms with Gasteiger partial charge in [-0.2, -0.15) is 0 Å². The minimum absolute atomic E-state index is 1.22. The van der Waals surface area contributed by atoms with Crippen LogP contribution in [-0.4, -0.2) is 0 Å². The molecule has 11 aromatic rings. The first-order chi connectivity index (χ1) is 25.8. The number of hydrogen-bond acceptors (Lipinski definition) is 0. The van der Waals surface area contributed by atoms with Gasteiger partial charge in [0.15, 0.2) is 0 Å². The lowest BCUT2D eigenvalue weighted by molar-refractivity contribution is 1.66. The fourth-order valence-corrected chi connectivity index (χ4v) is 8.93. The average molecular weight is 657 g/mol. The summed E-state index contributed by atoms with van der Waals surface area (Å²) in [6.07, 6.45) is 0. The number of rotatable bonds is 3. The van der Waals surface area contributed by atoms with Crippen LogP contribution >= 0.6 is 0 Å². The largest absolute Gasteiger partial charge is 0.0616 e. The van der Waals surface area contributed by atoms with E-state index in [0.29, 0.717) is 0 Å². The molecule has 0 nitrogen and oxygen atoms in total. The van der Waals surface area contributed by atoms with Crippen molar-refractivity contribution in [3.63, 3.8) is 0 Å². The van der Waals surface area contributed by atoms with E-state index in [1.165, 1.54) is 109 Å². The highest BCUT2D eigenvalue weighted by atomic mass is 14.2. The first-order valence-electron chi connectivity index (χ1n) is 18.1. The second-order valence-corrected chi connectivity index (χ2v) is 14.0. The van der Waals surface area contributed by atoms with E-state index in [1.54, 1.807) is 0 Å². The Morgan fingerprint density at radius 2 is 0.577 bits per heavy atom. The van der Waals surface area contributed by atoms with Gasteiger partial charge in [-0.1, -0.05) is 182 Å². The summed E-state index contributed by atoms with van der Waals surface area (Å²) in [6.45, 7) is 0. The van der Waals surface area contributed by atoms with Gasteiger partial charge in [-0.3, -0.25) is 0 Å². The third-order valence-electron chi connectivity index (χ3n) is 11.2. The molecule has 0 radical (unpaired) electrons. The second kappa shape index (κ2) is 11.4. The Kier molecular flexibility index (Phi) is 6.35. The molecule has 52 heavy (non-hydrogen) atoms. The number of hydrogen-bond donors (Lipinski definition) is 0. The van der Waals surface area contributed by atoms with Crippen LogP contribution in [0, 0.1) is 0 Å². The van der Waals surface area contributed by atoms with Crippen LogP contribution in [0.4, 0.5) is 0 Å². The highest BCUT2D eigenvalue weighted by Gasteiger charge is 2.20. The Hall–Kier alpha value is -6.76. The highest BCUT2D eigenvalue weighted by molar-refractivity contribution is 6.28. The van der Waals surface area contributed by atoms with Crippen LogP contribution in [0.1, 0.15) is 0 Å². The van der Waals surface area contributed by atoms with Crippen LogP contribution < -0.4 is 0 Å².